The fraction of sp³-hybridized carbons (Fsp3) is 0.857. The van der Waals surface area contributed by atoms with Crippen molar-refractivity contribution in [1.29, 1.82) is 0 Å². The van der Waals surface area contributed by atoms with Crippen molar-refractivity contribution in [2.45, 2.75) is 46.3 Å². The van der Waals surface area contributed by atoms with E-state index in [0.29, 0.717) is 19.6 Å². The van der Waals surface area contributed by atoms with Crippen molar-refractivity contribution in [2.24, 2.45) is 5.92 Å². The molecule has 1 aliphatic rings. The van der Waals surface area contributed by atoms with Crippen molar-refractivity contribution < 1.29 is 19.4 Å². The monoisotopic (exact) mass is 286 g/mol. The van der Waals surface area contributed by atoms with Gasteiger partial charge in [-0.2, -0.15) is 0 Å². The number of piperazine rings is 1. The number of carboxylic acid groups (broad SMARTS) is 1. The van der Waals surface area contributed by atoms with E-state index in [1.54, 1.807) is 4.90 Å². The Morgan fingerprint density at radius 1 is 1.30 bits per heavy atom. The Hall–Kier alpha value is -1.30. The van der Waals surface area contributed by atoms with Crippen molar-refractivity contribution in [2.75, 3.05) is 26.2 Å². The molecule has 0 aromatic heterocycles. The minimum Gasteiger partial charge on any atom is -0.480 e. The minimum absolute atomic E-state index is 0.0189. The van der Waals surface area contributed by atoms with Gasteiger partial charge in [-0.05, 0) is 26.7 Å². The van der Waals surface area contributed by atoms with E-state index in [9.17, 15) is 9.59 Å². The van der Waals surface area contributed by atoms with Crippen LogP contribution in [0.5, 0.6) is 0 Å². The molecule has 116 valence electrons. The lowest BCUT2D eigenvalue weighted by molar-refractivity contribution is -0.139. The van der Waals surface area contributed by atoms with Gasteiger partial charge in [0.1, 0.15) is 5.60 Å². The summed E-state index contributed by atoms with van der Waals surface area (Å²) in [7, 11) is 0. The van der Waals surface area contributed by atoms with Gasteiger partial charge in [0.2, 0.25) is 0 Å². The van der Waals surface area contributed by atoms with E-state index in [1.807, 2.05) is 39.5 Å². The highest BCUT2D eigenvalue weighted by Gasteiger charge is 2.34. The molecule has 0 aliphatic carbocycles. The third-order valence-electron chi connectivity index (χ3n) is 3.29. The van der Waals surface area contributed by atoms with Gasteiger partial charge in [0.25, 0.3) is 0 Å². The van der Waals surface area contributed by atoms with Crippen LogP contribution in [0.2, 0.25) is 0 Å². The molecular formula is C14H26N2O4. The van der Waals surface area contributed by atoms with Gasteiger partial charge in [0.05, 0.1) is 6.54 Å². The summed E-state index contributed by atoms with van der Waals surface area (Å²) in [6, 6.07) is 0.0485. The van der Waals surface area contributed by atoms with Gasteiger partial charge < -0.3 is 14.7 Å². The van der Waals surface area contributed by atoms with Gasteiger partial charge in [0, 0.05) is 25.7 Å². The van der Waals surface area contributed by atoms with E-state index in [1.165, 1.54) is 0 Å². The van der Waals surface area contributed by atoms with E-state index < -0.39 is 11.6 Å². The van der Waals surface area contributed by atoms with E-state index in [2.05, 4.69) is 0 Å². The smallest absolute Gasteiger partial charge is 0.410 e. The maximum absolute atomic E-state index is 12.1. The normalized spacial score (nSPS) is 21.1. The standard InChI is InChI=1S/C14H26N2O4/c1-10(2)11-8-16(13(19)20-14(3,4)5)7-6-15(11)9-12(17)18/h10-11H,6-9H2,1-5H3,(H,17,18). The molecule has 6 nitrogen and oxygen atoms in total. The molecular weight excluding hydrogens is 260 g/mol. The number of hydrogen-bond acceptors (Lipinski definition) is 4. The van der Waals surface area contributed by atoms with Crippen molar-refractivity contribution in [3.05, 3.63) is 0 Å². The molecule has 1 aliphatic heterocycles. The number of rotatable bonds is 3. The minimum atomic E-state index is -0.832. The third-order valence-corrected chi connectivity index (χ3v) is 3.29. The van der Waals surface area contributed by atoms with Gasteiger partial charge in [-0.15, -0.1) is 0 Å². The first-order valence-electron chi connectivity index (χ1n) is 7.04. The van der Waals surface area contributed by atoms with Gasteiger partial charge in [-0.25, -0.2) is 4.79 Å². The maximum Gasteiger partial charge on any atom is 0.410 e. The Morgan fingerprint density at radius 2 is 1.90 bits per heavy atom. The number of amides is 1. The highest BCUT2D eigenvalue weighted by molar-refractivity contribution is 5.70. The molecule has 0 bridgehead atoms. The van der Waals surface area contributed by atoms with Crippen molar-refractivity contribution in [3.63, 3.8) is 0 Å². The quantitative estimate of drug-likeness (QED) is 0.854. The van der Waals surface area contributed by atoms with Gasteiger partial charge in [-0.1, -0.05) is 13.8 Å². The van der Waals surface area contributed by atoms with Crippen LogP contribution in [0, 0.1) is 5.92 Å². The summed E-state index contributed by atoms with van der Waals surface area (Å²) in [5.74, 6) is -0.555. The van der Waals surface area contributed by atoms with Gasteiger partial charge in [0.15, 0.2) is 0 Å². The molecule has 0 aromatic carbocycles. The first-order valence-corrected chi connectivity index (χ1v) is 7.04. The molecule has 0 aromatic rings. The molecule has 0 radical (unpaired) electrons. The molecule has 0 spiro atoms. The molecule has 1 saturated heterocycles. The summed E-state index contributed by atoms with van der Waals surface area (Å²) in [4.78, 5) is 26.6. The Bertz CT molecular complexity index is 363. The predicted octanol–water partition coefficient (Wildman–Crippen LogP) is 1.65. The van der Waals surface area contributed by atoms with Crippen LogP contribution in [0.25, 0.3) is 0 Å². The van der Waals surface area contributed by atoms with Crippen LogP contribution in [0.1, 0.15) is 34.6 Å². The molecule has 1 fully saturated rings. The Kier molecular flexibility index (Phi) is 5.39. The largest absolute Gasteiger partial charge is 0.480 e. The van der Waals surface area contributed by atoms with E-state index in [0.717, 1.165) is 0 Å². The van der Waals surface area contributed by atoms with Gasteiger partial charge in [-0.3, -0.25) is 9.69 Å². The van der Waals surface area contributed by atoms with E-state index in [4.69, 9.17) is 9.84 Å². The zero-order valence-electron chi connectivity index (χ0n) is 13.0. The second-order valence-electron chi connectivity index (χ2n) is 6.60. The molecule has 1 unspecified atom stereocenters. The van der Waals surface area contributed by atoms with Crippen LogP contribution in [-0.2, 0) is 9.53 Å². The van der Waals surface area contributed by atoms with Crippen LogP contribution in [0.4, 0.5) is 4.79 Å². The molecule has 1 amide bonds. The van der Waals surface area contributed by atoms with Crippen molar-refractivity contribution in [1.82, 2.24) is 9.80 Å². The van der Waals surface area contributed by atoms with Crippen LogP contribution in [-0.4, -0.2) is 64.8 Å². The summed E-state index contributed by atoms with van der Waals surface area (Å²) in [6.45, 7) is 11.2. The van der Waals surface area contributed by atoms with Gasteiger partial charge >= 0.3 is 12.1 Å². The van der Waals surface area contributed by atoms with Crippen LogP contribution < -0.4 is 0 Å². The molecule has 1 atom stereocenters. The van der Waals surface area contributed by atoms with E-state index in [-0.39, 0.29) is 24.6 Å². The molecule has 1 N–H and O–H groups in total. The van der Waals surface area contributed by atoms with Crippen molar-refractivity contribution in [3.8, 4) is 0 Å². The number of carbonyl (C=O) groups is 2. The van der Waals surface area contributed by atoms with Crippen LogP contribution in [0.3, 0.4) is 0 Å². The third kappa shape index (κ3) is 5.00. The fourth-order valence-electron chi connectivity index (χ4n) is 2.34. The topological polar surface area (TPSA) is 70.1 Å². The Labute approximate surface area is 120 Å². The number of nitrogens with zero attached hydrogens (tertiary/aromatic N) is 2. The number of carbonyl (C=O) groups excluding carboxylic acids is 1. The average molecular weight is 286 g/mol. The number of carboxylic acids is 1. The molecule has 20 heavy (non-hydrogen) atoms. The fourth-order valence-corrected chi connectivity index (χ4v) is 2.34. The first-order chi connectivity index (χ1) is 9.10. The number of hydrogen-bond donors (Lipinski definition) is 1. The molecule has 6 heteroatoms. The Morgan fingerprint density at radius 3 is 2.35 bits per heavy atom. The molecule has 1 heterocycles. The lowest BCUT2D eigenvalue weighted by Crippen LogP contribution is -2.58. The zero-order valence-corrected chi connectivity index (χ0v) is 13.0. The van der Waals surface area contributed by atoms with Crippen molar-refractivity contribution >= 4 is 12.1 Å². The Balaban J connectivity index is 2.68. The highest BCUT2D eigenvalue weighted by atomic mass is 16.6. The summed E-state index contributed by atoms with van der Waals surface area (Å²) >= 11 is 0. The summed E-state index contributed by atoms with van der Waals surface area (Å²) in [5, 5.41) is 8.95. The lowest BCUT2D eigenvalue weighted by atomic mass is 10.00. The molecule has 1 rings (SSSR count). The zero-order chi connectivity index (χ0) is 15.5. The number of aliphatic carboxylic acids is 1. The lowest BCUT2D eigenvalue weighted by Gasteiger charge is -2.42. The second-order valence-corrected chi connectivity index (χ2v) is 6.60. The highest BCUT2D eigenvalue weighted by Crippen LogP contribution is 2.19. The SMILES string of the molecule is CC(C)C1CN(C(=O)OC(C)(C)C)CCN1CC(=O)O. The maximum atomic E-state index is 12.1. The van der Waals surface area contributed by atoms with Crippen LogP contribution in [0.15, 0.2) is 0 Å². The van der Waals surface area contributed by atoms with Crippen LogP contribution >= 0.6 is 0 Å². The molecule has 0 saturated carbocycles. The average Bonchev–Trinajstić information content (AvgIpc) is 2.25. The predicted molar refractivity (Wildman–Crippen MR) is 75.6 cm³/mol. The summed E-state index contributed by atoms with van der Waals surface area (Å²) < 4.78 is 5.37. The second kappa shape index (κ2) is 6.43. The first kappa shape index (κ1) is 16.8. The van der Waals surface area contributed by atoms with E-state index >= 15 is 0 Å². The summed E-state index contributed by atoms with van der Waals surface area (Å²) in [5.41, 5.74) is -0.511. The number of ether oxygens (including phenoxy) is 1. The summed E-state index contributed by atoms with van der Waals surface area (Å²) in [6.07, 6.45) is -0.321.